The van der Waals surface area contributed by atoms with Gasteiger partial charge in [0.25, 0.3) is 5.91 Å². The molecule has 29 heavy (non-hydrogen) atoms. The summed E-state index contributed by atoms with van der Waals surface area (Å²) in [6, 6.07) is 14.8. The monoisotopic (exact) mass is 393 g/mol. The molecule has 5 rings (SSSR count). The Kier molecular flexibility index (Phi) is 5.08. The van der Waals surface area contributed by atoms with Crippen molar-refractivity contribution in [3.63, 3.8) is 0 Å². The number of amides is 1. The lowest BCUT2D eigenvalue weighted by Crippen LogP contribution is -2.62. The molecule has 3 saturated heterocycles. The summed E-state index contributed by atoms with van der Waals surface area (Å²) in [6.45, 7) is 2.49. The van der Waals surface area contributed by atoms with Crippen molar-refractivity contribution in [3.8, 4) is 0 Å². The first kappa shape index (κ1) is 18.7. The number of nitrogens with zero attached hydrogens (tertiary/aromatic N) is 3. The fraction of sp³-hybridized carbons (Fsp3) is 0.500. The predicted molar refractivity (Wildman–Crippen MR) is 110 cm³/mol. The van der Waals surface area contributed by atoms with Crippen molar-refractivity contribution in [1.82, 2.24) is 14.8 Å². The molecule has 2 aromatic rings. The van der Waals surface area contributed by atoms with Gasteiger partial charge in [0.2, 0.25) is 0 Å². The minimum Gasteiger partial charge on any atom is -0.337 e. The molecule has 1 amide bonds. The highest BCUT2D eigenvalue weighted by atomic mass is 19.1. The van der Waals surface area contributed by atoms with Gasteiger partial charge in [-0.25, -0.2) is 9.37 Å². The molecule has 0 saturated carbocycles. The molecule has 0 radical (unpaired) electrons. The largest absolute Gasteiger partial charge is 0.337 e. The lowest BCUT2D eigenvalue weighted by atomic mass is 9.74. The van der Waals surface area contributed by atoms with E-state index in [4.69, 9.17) is 0 Å². The van der Waals surface area contributed by atoms with E-state index in [1.54, 1.807) is 0 Å². The first-order valence-corrected chi connectivity index (χ1v) is 10.9. The van der Waals surface area contributed by atoms with Gasteiger partial charge in [-0.1, -0.05) is 36.8 Å². The highest BCUT2D eigenvalue weighted by Crippen LogP contribution is 2.40. The summed E-state index contributed by atoms with van der Waals surface area (Å²) < 4.78 is 14.1. The molecule has 4 heterocycles. The van der Waals surface area contributed by atoms with Gasteiger partial charge in [0.15, 0.2) is 11.5 Å². The van der Waals surface area contributed by atoms with E-state index in [0.717, 1.165) is 19.5 Å². The minimum absolute atomic E-state index is 0.0325. The highest BCUT2D eigenvalue weighted by molar-refractivity contribution is 5.92. The summed E-state index contributed by atoms with van der Waals surface area (Å²) >= 11 is 0. The van der Waals surface area contributed by atoms with E-state index in [0.29, 0.717) is 30.5 Å². The van der Waals surface area contributed by atoms with E-state index in [1.807, 2.05) is 4.90 Å². The number of carbonyl (C=O) groups is 1. The van der Waals surface area contributed by atoms with Crippen LogP contribution in [0.5, 0.6) is 0 Å². The van der Waals surface area contributed by atoms with Crippen LogP contribution in [0, 0.1) is 17.7 Å². The van der Waals surface area contributed by atoms with E-state index in [1.165, 1.54) is 49.6 Å². The number of aromatic nitrogens is 1. The van der Waals surface area contributed by atoms with Gasteiger partial charge in [0, 0.05) is 37.9 Å². The smallest absolute Gasteiger partial charge is 0.275 e. The first-order chi connectivity index (χ1) is 14.2. The van der Waals surface area contributed by atoms with Crippen LogP contribution in [0.3, 0.4) is 0 Å². The number of likely N-dealkylation sites (tertiary alicyclic amines) is 1. The third kappa shape index (κ3) is 3.68. The van der Waals surface area contributed by atoms with Crippen molar-refractivity contribution in [2.75, 3.05) is 19.6 Å². The quantitative estimate of drug-likeness (QED) is 0.796. The number of rotatable bonds is 3. The second-order valence-corrected chi connectivity index (χ2v) is 8.94. The number of hydrogen-bond donors (Lipinski definition) is 0. The van der Waals surface area contributed by atoms with E-state index in [-0.39, 0.29) is 11.6 Å². The molecule has 3 aliphatic rings. The van der Waals surface area contributed by atoms with Gasteiger partial charge >= 0.3 is 0 Å². The molecule has 2 bridgehead atoms. The van der Waals surface area contributed by atoms with E-state index in [2.05, 4.69) is 40.2 Å². The molecule has 0 unspecified atom stereocenters. The number of hydrogen-bond acceptors (Lipinski definition) is 3. The molecule has 1 aromatic heterocycles. The third-order valence-corrected chi connectivity index (χ3v) is 7.08. The van der Waals surface area contributed by atoms with Crippen LogP contribution >= 0.6 is 0 Å². The van der Waals surface area contributed by atoms with Gasteiger partial charge < -0.3 is 4.90 Å². The summed E-state index contributed by atoms with van der Waals surface area (Å²) in [5, 5.41) is 0. The summed E-state index contributed by atoms with van der Waals surface area (Å²) in [4.78, 5) is 21.6. The summed E-state index contributed by atoms with van der Waals surface area (Å²) in [6.07, 6.45) is 7.52. The maximum Gasteiger partial charge on any atom is 0.275 e. The van der Waals surface area contributed by atoms with Crippen molar-refractivity contribution >= 4 is 5.91 Å². The predicted octanol–water partition coefficient (Wildman–Crippen LogP) is 3.78. The van der Waals surface area contributed by atoms with Crippen LogP contribution in [0.1, 0.15) is 41.7 Å². The van der Waals surface area contributed by atoms with Crippen LogP contribution in [0.2, 0.25) is 0 Å². The van der Waals surface area contributed by atoms with Gasteiger partial charge in [-0.05, 0) is 55.2 Å². The van der Waals surface area contributed by atoms with Crippen molar-refractivity contribution in [3.05, 3.63) is 65.7 Å². The van der Waals surface area contributed by atoms with E-state index >= 15 is 0 Å². The van der Waals surface area contributed by atoms with Crippen LogP contribution in [0.25, 0.3) is 0 Å². The molecule has 3 aliphatic heterocycles. The Balaban J connectivity index is 1.32. The van der Waals surface area contributed by atoms with Gasteiger partial charge in [-0.2, -0.15) is 0 Å². The van der Waals surface area contributed by atoms with Crippen LogP contribution in [-0.2, 0) is 6.42 Å². The van der Waals surface area contributed by atoms with Crippen molar-refractivity contribution in [1.29, 1.82) is 0 Å². The maximum atomic E-state index is 14.1. The average molecular weight is 394 g/mol. The third-order valence-electron chi connectivity index (χ3n) is 7.08. The van der Waals surface area contributed by atoms with E-state index in [9.17, 15) is 9.18 Å². The fourth-order valence-electron chi connectivity index (χ4n) is 5.88. The summed E-state index contributed by atoms with van der Waals surface area (Å²) in [5.41, 5.74) is 1.38. The Morgan fingerprint density at radius 3 is 2.76 bits per heavy atom. The molecule has 0 N–H and O–H groups in total. The van der Waals surface area contributed by atoms with Gasteiger partial charge in [0.05, 0.1) is 0 Å². The fourth-order valence-corrected chi connectivity index (χ4v) is 5.88. The van der Waals surface area contributed by atoms with E-state index < -0.39 is 5.82 Å². The Morgan fingerprint density at radius 1 is 1.07 bits per heavy atom. The number of benzene rings is 1. The lowest BCUT2D eigenvalue weighted by molar-refractivity contribution is -0.0500. The van der Waals surface area contributed by atoms with Crippen LogP contribution in [0.15, 0.2) is 48.7 Å². The zero-order chi connectivity index (χ0) is 19.8. The lowest BCUT2D eigenvalue weighted by Gasteiger charge is -2.55. The second kappa shape index (κ2) is 7.86. The average Bonchev–Trinajstić information content (AvgIpc) is 2.75. The number of pyridine rings is 1. The standard InChI is InChI=1S/C24H28FN3O/c25-21-9-5-11-26-23(21)24(29)27-14-18-12-19(16-27)22-10-4-8-20(28(22)15-18)13-17-6-2-1-3-7-17/h1-3,5-7,9,11,18-20,22H,4,8,10,12-16H2/t18-,19+,20+,22-/m0/s1. The van der Waals surface area contributed by atoms with Gasteiger partial charge in [0.1, 0.15) is 0 Å². The molecule has 5 heteroatoms. The molecule has 1 aromatic carbocycles. The molecule has 152 valence electrons. The molecule has 4 nitrogen and oxygen atoms in total. The first-order valence-electron chi connectivity index (χ1n) is 10.9. The van der Waals surface area contributed by atoms with Gasteiger partial charge in [-0.15, -0.1) is 0 Å². The number of halogens is 1. The van der Waals surface area contributed by atoms with Crippen LogP contribution in [-0.4, -0.2) is 52.4 Å². The minimum atomic E-state index is -0.518. The maximum absolute atomic E-state index is 14.1. The van der Waals surface area contributed by atoms with Crippen molar-refractivity contribution in [2.45, 2.75) is 44.2 Å². The Labute approximate surface area is 171 Å². The molecular formula is C24H28FN3O. The summed E-state index contributed by atoms with van der Waals surface area (Å²) in [7, 11) is 0. The topological polar surface area (TPSA) is 36.4 Å². The number of fused-ring (bicyclic) bond motifs is 4. The van der Waals surface area contributed by atoms with Crippen molar-refractivity contribution in [2.24, 2.45) is 11.8 Å². The van der Waals surface area contributed by atoms with Crippen LogP contribution in [0.4, 0.5) is 4.39 Å². The van der Waals surface area contributed by atoms with Crippen LogP contribution < -0.4 is 0 Å². The van der Waals surface area contributed by atoms with Gasteiger partial charge in [-0.3, -0.25) is 9.69 Å². The zero-order valence-corrected chi connectivity index (χ0v) is 16.7. The molecule has 3 fully saturated rings. The number of carbonyl (C=O) groups excluding carboxylic acids is 1. The van der Waals surface area contributed by atoms with Crippen molar-refractivity contribution < 1.29 is 9.18 Å². The summed E-state index contributed by atoms with van der Waals surface area (Å²) in [5.74, 6) is 0.187. The normalized spacial score (nSPS) is 29.3. The number of piperidine rings is 3. The Hall–Kier alpha value is -2.27. The molecule has 0 spiro atoms. The zero-order valence-electron chi connectivity index (χ0n) is 16.7. The second-order valence-electron chi connectivity index (χ2n) is 8.94. The molecule has 0 aliphatic carbocycles. The Morgan fingerprint density at radius 2 is 1.93 bits per heavy atom. The Bertz CT molecular complexity index is 873. The SMILES string of the molecule is O=C(c1ncccc1F)N1C[C@@H]2C[C@H](C1)[C@@H]1CCC[C@H](Cc3ccccc3)N1C2. The molecule has 4 atom stereocenters. The highest BCUT2D eigenvalue weighted by Gasteiger charge is 2.45. The molecular weight excluding hydrogens is 365 g/mol.